The smallest absolute Gasteiger partial charge is 0.387 e. The van der Waals surface area contributed by atoms with Gasteiger partial charge in [-0.15, -0.1) is 0 Å². The SMILES string of the molecule is CN(Cc1ccc(OC(F)F)cc1)C(=O)CSc1ncnc2ccccc12. The Balaban J connectivity index is 1.57. The third-order valence-electron chi connectivity index (χ3n) is 3.83. The molecular weight excluding hydrogens is 372 g/mol. The molecule has 1 amide bonds. The molecule has 0 aliphatic carbocycles. The van der Waals surface area contributed by atoms with Gasteiger partial charge in [0.2, 0.25) is 5.91 Å². The second-order valence-electron chi connectivity index (χ2n) is 5.76. The average molecular weight is 389 g/mol. The van der Waals surface area contributed by atoms with Crippen LogP contribution in [0.15, 0.2) is 59.9 Å². The highest BCUT2D eigenvalue weighted by Gasteiger charge is 2.12. The monoisotopic (exact) mass is 389 g/mol. The Hall–Kier alpha value is -2.74. The normalized spacial score (nSPS) is 11.0. The molecule has 8 heteroatoms. The van der Waals surface area contributed by atoms with Gasteiger partial charge in [0.1, 0.15) is 17.1 Å². The molecule has 3 aromatic rings. The van der Waals surface area contributed by atoms with Gasteiger partial charge in [-0.05, 0) is 23.8 Å². The van der Waals surface area contributed by atoms with E-state index < -0.39 is 6.61 Å². The predicted octanol–water partition coefficient (Wildman–Crippen LogP) is 3.98. The van der Waals surface area contributed by atoms with E-state index in [1.54, 1.807) is 24.1 Å². The van der Waals surface area contributed by atoms with Crippen LogP contribution in [0.3, 0.4) is 0 Å². The van der Waals surface area contributed by atoms with Crippen molar-refractivity contribution in [1.29, 1.82) is 0 Å². The summed E-state index contributed by atoms with van der Waals surface area (Å²) in [6.45, 7) is -2.48. The molecule has 2 aromatic carbocycles. The van der Waals surface area contributed by atoms with Crippen LogP contribution in [0.1, 0.15) is 5.56 Å². The Labute approximate surface area is 159 Å². The number of alkyl halides is 2. The molecule has 0 atom stereocenters. The molecule has 0 bridgehead atoms. The van der Waals surface area contributed by atoms with E-state index in [1.807, 2.05) is 24.3 Å². The second kappa shape index (κ2) is 8.77. The molecule has 140 valence electrons. The van der Waals surface area contributed by atoms with Gasteiger partial charge in [0.15, 0.2) is 0 Å². The van der Waals surface area contributed by atoms with E-state index in [1.165, 1.54) is 30.2 Å². The Bertz CT molecular complexity index is 917. The minimum Gasteiger partial charge on any atom is -0.435 e. The van der Waals surface area contributed by atoms with Gasteiger partial charge in [-0.1, -0.05) is 42.1 Å². The van der Waals surface area contributed by atoms with E-state index >= 15 is 0 Å². The van der Waals surface area contributed by atoms with Gasteiger partial charge >= 0.3 is 6.61 Å². The van der Waals surface area contributed by atoms with Crippen molar-refractivity contribution >= 4 is 28.6 Å². The molecule has 0 N–H and O–H groups in total. The molecule has 0 fully saturated rings. The zero-order chi connectivity index (χ0) is 19.2. The number of hydrogen-bond donors (Lipinski definition) is 0. The maximum absolute atomic E-state index is 12.4. The van der Waals surface area contributed by atoms with Crippen LogP contribution in [0, 0.1) is 0 Å². The Morgan fingerprint density at radius 3 is 2.63 bits per heavy atom. The first-order chi connectivity index (χ1) is 13.0. The number of fused-ring (bicyclic) bond motifs is 1. The number of hydrogen-bond acceptors (Lipinski definition) is 5. The van der Waals surface area contributed by atoms with Crippen LogP contribution in [0.5, 0.6) is 5.75 Å². The van der Waals surface area contributed by atoms with Gasteiger partial charge in [-0.3, -0.25) is 4.79 Å². The van der Waals surface area contributed by atoms with Crippen molar-refractivity contribution in [3.63, 3.8) is 0 Å². The van der Waals surface area contributed by atoms with E-state index in [2.05, 4.69) is 14.7 Å². The first kappa shape index (κ1) is 19.0. The van der Waals surface area contributed by atoms with Gasteiger partial charge in [0, 0.05) is 19.0 Å². The third kappa shape index (κ3) is 5.13. The summed E-state index contributed by atoms with van der Waals surface area (Å²) in [7, 11) is 1.70. The van der Waals surface area contributed by atoms with Crippen molar-refractivity contribution in [3.8, 4) is 5.75 Å². The molecule has 0 unspecified atom stereocenters. The van der Waals surface area contributed by atoms with Crippen LogP contribution in [0.4, 0.5) is 8.78 Å². The zero-order valence-electron chi connectivity index (χ0n) is 14.5. The molecule has 0 aliphatic heterocycles. The van der Waals surface area contributed by atoms with Crippen LogP contribution in [0.25, 0.3) is 10.9 Å². The van der Waals surface area contributed by atoms with E-state index in [0.717, 1.165) is 21.5 Å². The summed E-state index contributed by atoms with van der Waals surface area (Å²) in [4.78, 5) is 22.5. The molecule has 0 aliphatic rings. The summed E-state index contributed by atoms with van der Waals surface area (Å²) in [6.07, 6.45) is 1.49. The van der Waals surface area contributed by atoms with Crippen molar-refractivity contribution in [2.24, 2.45) is 0 Å². The molecular formula is C19H17F2N3O2S. The molecule has 0 spiro atoms. The number of para-hydroxylation sites is 1. The number of carbonyl (C=O) groups excluding carboxylic acids is 1. The van der Waals surface area contributed by atoms with Crippen LogP contribution < -0.4 is 4.74 Å². The Morgan fingerprint density at radius 2 is 1.89 bits per heavy atom. The van der Waals surface area contributed by atoms with E-state index in [0.29, 0.717) is 6.54 Å². The summed E-state index contributed by atoms with van der Waals surface area (Å²) in [5.74, 6) is 0.272. The quantitative estimate of drug-likeness (QED) is 0.452. The highest BCUT2D eigenvalue weighted by molar-refractivity contribution is 8.00. The number of aromatic nitrogens is 2. The van der Waals surface area contributed by atoms with Crippen molar-refractivity contribution in [1.82, 2.24) is 14.9 Å². The van der Waals surface area contributed by atoms with Crippen LogP contribution in [-0.2, 0) is 11.3 Å². The summed E-state index contributed by atoms with van der Waals surface area (Å²) in [5, 5.41) is 1.67. The Kier molecular flexibility index (Phi) is 6.18. The third-order valence-corrected chi connectivity index (χ3v) is 4.82. The van der Waals surface area contributed by atoms with Crippen molar-refractivity contribution in [2.75, 3.05) is 12.8 Å². The Morgan fingerprint density at radius 1 is 1.15 bits per heavy atom. The van der Waals surface area contributed by atoms with Gasteiger partial charge in [0.05, 0.1) is 11.3 Å². The summed E-state index contributed by atoms with van der Waals surface area (Å²) < 4.78 is 28.7. The number of benzene rings is 2. The van der Waals surface area contributed by atoms with E-state index in [-0.39, 0.29) is 17.4 Å². The fourth-order valence-corrected chi connectivity index (χ4v) is 3.40. The van der Waals surface area contributed by atoms with Crippen LogP contribution >= 0.6 is 11.8 Å². The maximum Gasteiger partial charge on any atom is 0.387 e. The lowest BCUT2D eigenvalue weighted by molar-refractivity contribution is -0.127. The topological polar surface area (TPSA) is 55.3 Å². The fourth-order valence-electron chi connectivity index (χ4n) is 2.47. The average Bonchev–Trinajstić information content (AvgIpc) is 2.67. The number of rotatable bonds is 7. The lowest BCUT2D eigenvalue weighted by atomic mass is 10.2. The molecule has 0 radical (unpaired) electrons. The summed E-state index contributed by atoms with van der Waals surface area (Å²) >= 11 is 1.36. The predicted molar refractivity (Wildman–Crippen MR) is 99.8 cm³/mol. The number of halogens is 2. The number of nitrogens with zero attached hydrogens (tertiary/aromatic N) is 3. The van der Waals surface area contributed by atoms with Crippen molar-refractivity contribution in [2.45, 2.75) is 18.2 Å². The van der Waals surface area contributed by atoms with Crippen molar-refractivity contribution in [3.05, 3.63) is 60.4 Å². The van der Waals surface area contributed by atoms with Crippen LogP contribution in [0.2, 0.25) is 0 Å². The minimum atomic E-state index is -2.85. The molecule has 1 aromatic heterocycles. The van der Waals surface area contributed by atoms with Gasteiger partial charge in [-0.25, -0.2) is 9.97 Å². The highest BCUT2D eigenvalue weighted by atomic mass is 32.2. The largest absolute Gasteiger partial charge is 0.435 e. The van der Waals surface area contributed by atoms with E-state index in [9.17, 15) is 13.6 Å². The summed E-state index contributed by atoms with van der Waals surface area (Å²) in [6, 6.07) is 13.9. The number of amides is 1. The second-order valence-corrected chi connectivity index (χ2v) is 6.72. The number of thioether (sulfide) groups is 1. The lowest BCUT2D eigenvalue weighted by Crippen LogP contribution is -2.27. The zero-order valence-corrected chi connectivity index (χ0v) is 15.3. The molecule has 0 saturated heterocycles. The van der Waals surface area contributed by atoms with E-state index in [4.69, 9.17) is 0 Å². The van der Waals surface area contributed by atoms with Crippen LogP contribution in [-0.4, -0.2) is 40.2 Å². The summed E-state index contributed by atoms with van der Waals surface area (Å²) in [5.41, 5.74) is 1.66. The highest BCUT2D eigenvalue weighted by Crippen LogP contribution is 2.24. The molecule has 3 rings (SSSR count). The molecule has 27 heavy (non-hydrogen) atoms. The maximum atomic E-state index is 12.4. The first-order valence-electron chi connectivity index (χ1n) is 8.13. The number of carbonyl (C=O) groups is 1. The lowest BCUT2D eigenvalue weighted by Gasteiger charge is -2.17. The first-order valence-corrected chi connectivity index (χ1v) is 9.12. The molecule has 1 heterocycles. The van der Waals surface area contributed by atoms with Gasteiger partial charge < -0.3 is 9.64 Å². The number of ether oxygens (including phenoxy) is 1. The minimum absolute atomic E-state index is 0.0596. The molecule has 5 nitrogen and oxygen atoms in total. The fraction of sp³-hybridized carbons (Fsp3) is 0.211. The molecule has 0 saturated carbocycles. The van der Waals surface area contributed by atoms with Crippen molar-refractivity contribution < 1.29 is 18.3 Å². The standard InChI is InChI=1S/C19H17F2N3O2S/c1-24(10-13-6-8-14(9-7-13)26-19(20)21)17(25)11-27-18-15-4-2-3-5-16(15)22-12-23-18/h2-9,12,19H,10-11H2,1H3. The van der Waals surface area contributed by atoms with Gasteiger partial charge in [-0.2, -0.15) is 8.78 Å². The van der Waals surface area contributed by atoms with Gasteiger partial charge in [0.25, 0.3) is 0 Å².